The Kier molecular flexibility index (Phi) is 1.75. The average molecular weight is 186 g/mol. The number of carboxylic acid groups (broad SMARTS) is 1. The third-order valence-corrected chi connectivity index (χ3v) is 1.43. The van der Waals surface area contributed by atoms with Gasteiger partial charge in [-0.25, -0.2) is 4.79 Å². The third-order valence-electron chi connectivity index (χ3n) is 1.43. The number of imide groups is 1. The summed E-state index contributed by atoms with van der Waals surface area (Å²) >= 11 is 0. The molecule has 0 aromatic rings. The number of aliphatic carboxylic acids is 1. The molecule has 1 aliphatic rings. The molecule has 13 heavy (non-hydrogen) atoms. The molecule has 2 amide bonds. The van der Waals surface area contributed by atoms with Crippen LogP contribution in [0.2, 0.25) is 0 Å². The van der Waals surface area contributed by atoms with Gasteiger partial charge in [0.05, 0.1) is 1.37 Å². The molecule has 6 nitrogen and oxygen atoms in total. The van der Waals surface area contributed by atoms with Crippen LogP contribution in [0, 0.1) is 0 Å². The highest BCUT2D eigenvalue weighted by Crippen LogP contribution is 2.08. The Balaban J connectivity index is 3.17. The number of rotatable bonds is 3. The van der Waals surface area contributed by atoms with Crippen LogP contribution in [-0.2, 0) is 14.4 Å². The molecule has 0 bridgehead atoms. The number of carbonyl (C=O) groups excluding carboxylic acids is 2. The van der Waals surface area contributed by atoms with Crippen LogP contribution in [0.4, 0.5) is 0 Å². The maximum absolute atomic E-state index is 11.1. The second kappa shape index (κ2) is 3.36. The zero-order valence-electron chi connectivity index (χ0n) is 8.43. The summed E-state index contributed by atoms with van der Waals surface area (Å²) in [6.45, 7) is -1.94. The zero-order chi connectivity index (χ0) is 11.8. The van der Waals surface area contributed by atoms with Gasteiger partial charge in [0.1, 0.15) is 6.02 Å². The van der Waals surface area contributed by atoms with Crippen LogP contribution >= 0.6 is 0 Å². The van der Waals surface area contributed by atoms with E-state index >= 15 is 0 Å². The molecule has 0 spiro atoms. The van der Waals surface area contributed by atoms with E-state index in [1.54, 1.807) is 0 Å². The molecule has 0 aromatic heterocycles. The largest absolute Gasteiger partial charge is 0.480 e. The fourth-order valence-electron chi connectivity index (χ4n) is 0.879. The lowest BCUT2D eigenvalue weighted by atomic mass is 10.2. The summed E-state index contributed by atoms with van der Waals surface area (Å²) in [6.07, 6.45) is 1.66. The van der Waals surface area contributed by atoms with Crippen molar-refractivity contribution in [2.24, 2.45) is 5.73 Å². The minimum Gasteiger partial charge on any atom is -0.480 e. The zero-order valence-corrected chi connectivity index (χ0v) is 6.43. The van der Waals surface area contributed by atoms with E-state index in [0.717, 1.165) is 12.2 Å². The van der Waals surface area contributed by atoms with Crippen molar-refractivity contribution in [3.8, 4) is 0 Å². The highest BCUT2D eigenvalue weighted by atomic mass is 16.4. The van der Waals surface area contributed by atoms with E-state index in [1.807, 2.05) is 0 Å². The van der Waals surface area contributed by atoms with Crippen molar-refractivity contribution < 1.29 is 22.2 Å². The van der Waals surface area contributed by atoms with Gasteiger partial charge >= 0.3 is 5.97 Å². The first kappa shape index (κ1) is 6.79. The van der Waals surface area contributed by atoms with Crippen LogP contribution in [0.15, 0.2) is 12.2 Å². The highest BCUT2D eigenvalue weighted by Gasteiger charge is 2.34. The van der Waals surface area contributed by atoms with Gasteiger partial charge in [0.15, 0.2) is 0 Å². The summed E-state index contributed by atoms with van der Waals surface area (Å²) in [5.74, 6) is -3.74. The molecule has 0 radical (unpaired) electrons. The van der Waals surface area contributed by atoms with E-state index < -0.39 is 30.3 Å². The van der Waals surface area contributed by atoms with Gasteiger partial charge in [-0.2, -0.15) is 0 Å². The molecule has 0 saturated heterocycles. The van der Waals surface area contributed by atoms with Gasteiger partial charge in [-0.15, -0.1) is 0 Å². The average Bonchev–Trinajstić information content (AvgIpc) is 2.44. The molecule has 0 saturated carbocycles. The van der Waals surface area contributed by atoms with Gasteiger partial charge in [-0.1, -0.05) is 0 Å². The smallest absolute Gasteiger partial charge is 0.328 e. The Labute approximate surface area is 76.4 Å². The molecular formula is C7H8N2O4. The van der Waals surface area contributed by atoms with Crippen LogP contribution in [0.1, 0.15) is 2.74 Å². The van der Waals surface area contributed by atoms with Gasteiger partial charge in [0.2, 0.25) is 0 Å². The van der Waals surface area contributed by atoms with Crippen LogP contribution in [0.3, 0.4) is 0 Å². The molecule has 1 heterocycles. The van der Waals surface area contributed by atoms with Crippen LogP contribution in [0.25, 0.3) is 0 Å². The molecular weight excluding hydrogens is 176 g/mol. The fraction of sp³-hybridized carbons (Fsp3) is 0.286. The first-order valence-corrected chi connectivity index (χ1v) is 3.29. The molecule has 1 unspecified atom stereocenters. The molecule has 6 heteroatoms. The van der Waals surface area contributed by atoms with E-state index in [2.05, 4.69) is 0 Å². The number of carbonyl (C=O) groups is 3. The highest BCUT2D eigenvalue weighted by molar-refractivity contribution is 6.14. The first-order chi connectivity index (χ1) is 6.81. The van der Waals surface area contributed by atoms with Gasteiger partial charge < -0.3 is 10.8 Å². The van der Waals surface area contributed by atoms with E-state index in [0.29, 0.717) is 0 Å². The summed E-state index contributed by atoms with van der Waals surface area (Å²) < 4.78 is 14.5. The number of amides is 2. The molecule has 1 rings (SSSR count). The molecule has 3 N–H and O–H groups in total. The number of nitrogens with two attached hydrogens (primary N) is 1. The number of nitrogens with zero attached hydrogens (tertiary/aromatic N) is 1. The Morgan fingerprint density at radius 3 is 2.46 bits per heavy atom. The summed E-state index contributed by atoms with van der Waals surface area (Å²) in [6, 6.07) is -2.79. The van der Waals surface area contributed by atoms with Crippen molar-refractivity contribution in [2.45, 2.75) is 6.02 Å². The summed E-state index contributed by atoms with van der Waals surface area (Å²) in [5, 5.41) is 8.74. The Morgan fingerprint density at radius 1 is 1.69 bits per heavy atom. The van der Waals surface area contributed by atoms with Gasteiger partial charge in [-0.05, 0) is 0 Å². The normalized spacial score (nSPS) is 25.2. The maximum Gasteiger partial charge on any atom is 0.328 e. The fourth-order valence-corrected chi connectivity index (χ4v) is 0.879. The Bertz CT molecular complexity index is 350. The van der Waals surface area contributed by atoms with Crippen LogP contribution < -0.4 is 5.73 Å². The second-order valence-corrected chi connectivity index (χ2v) is 2.20. The lowest BCUT2D eigenvalue weighted by Gasteiger charge is -2.20. The van der Waals surface area contributed by atoms with E-state index in [9.17, 15) is 14.4 Å². The van der Waals surface area contributed by atoms with E-state index in [-0.39, 0.29) is 4.90 Å². The topological polar surface area (TPSA) is 101 Å². The van der Waals surface area contributed by atoms with E-state index in [4.69, 9.17) is 13.6 Å². The lowest BCUT2D eigenvalue weighted by Crippen LogP contribution is -2.49. The third kappa shape index (κ3) is 1.57. The minimum absolute atomic E-state index is 0.146. The van der Waals surface area contributed by atoms with Gasteiger partial charge in [-0.3, -0.25) is 14.5 Å². The second-order valence-electron chi connectivity index (χ2n) is 2.20. The predicted octanol–water partition coefficient (Wildman–Crippen LogP) is -1.68. The summed E-state index contributed by atoms with van der Waals surface area (Å²) in [4.78, 5) is 33.2. The molecule has 2 atom stereocenters. The van der Waals surface area contributed by atoms with Crippen molar-refractivity contribution in [3.63, 3.8) is 0 Å². The number of hydrogen-bond donors (Lipinski definition) is 2. The number of hydrogen-bond acceptors (Lipinski definition) is 4. The maximum atomic E-state index is 11.1. The van der Waals surface area contributed by atoms with Gasteiger partial charge in [0.25, 0.3) is 11.8 Å². The molecule has 0 aromatic carbocycles. The Hall–Kier alpha value is -1.69. The summed E-state index contributed by atoms with van der Waals surface area (Å²) in [5.41, 5.74) is 5.00. The molecule has 70 valence electrons. The minimum atomic E-state index is -2.79. The van der Waals surface area contributed by atoms with Crippen molar-refractivity contribution in [1.29, 1.82) is 0 Å². The predicted molar refractivity (Wildman–Crippen MR) is 41.5 cm³/mol. The lowest BCUT2D eigenvalue weighted by molar-refractivity contribution is -0.152. The molecule has 1 aliphatic heterocycles. The van der Waals surface area contributed by atoms with E-state index in [1.165, 1.54) is 0 Å². The quantitative estimate of drug-likeness (QED) is 0.513. The summed E-state index contributed by atoms with van der Waals surface area (Å²) in [7, 11) is 0. The number of carboxylic acids is 1. The van der Waals surface area contributed by atoms with Crippen molar-refractivity contribution >= 4 is 17.8 Å². The van der Waals surface area contributed by atoms with Crippen molar-refractivity contribution in [1.82, 2.24) is 4.90 Å². The van der Waals surface area contributed by atoms with Crippen LogP contribution in [-0.4, -0.2) is 40.3 Å². The first-order valence-electron chi connectivity index (χ1n) is 4.37. The molecule has 0 fully saturated rings. The van der Waals surface area contributed by atoms with Crippen molar-refractivity contribution in [2.75, 3.05) is 6.52 Å². The Morgan fingerprint density at radius 2 is 2.15 bits per heavy atom. The standard InChI is InChI=1S/C7H8N2O4/c8-3-4(7(12)13)9-5(10)1-2-6(9)11/h1-2,4H,3,8H2,(H,12,13)/t4-/m0/s1/i3D,4D/t3?,4-. The monoisotopic (exact) mass is 186 g/mol. The van der Waals surface area contributed by atoms with Gasteiger partial charge in [0, 0.05) is 20.0 Å². The van der Waals surface area contributed by atoms with Crippen molar-refractivity contribution in [3.05, 3.63) is 12.2 Å². The van der Waals surface area contributed by atoms with Crippen LogP contribution in [0.5, 0.6) is 0 Å². The SMILES string of the molecule is [2H]C(N)[C@@]([2H])(C(=O)O)N1C(=O)C=CC1=O. The molecule has 0 aliphatic carbocycles.